The second kappa shape index (κ2) is 5.35. The van der Waals surface area contributed by atoms with Crippen LogP contribution in [0.1, 0.15) is 40.5 Å². The third kappa shape index (κ3) is 2.91. The van der Waals surface area contributed by atoms with Gasteiger partial charge < -0.3 is 10.2 Å². The fraction of sp³-hybridized carbons (Fsp3) is 0.857. The van der Waals surface area contributed by atoms with Crippen molar-refractivity contribution in [3.63, 3.8) is 0 Å². The molecule has 0 aromatic carbocycles. The van der Waals surface area contributed by atoms with Crippen molar-refractivity contribution in [2.75, 3.05) is 12.3 Å². The standard InChI is InChI=1S/C14H24N2O2S/c1-9(2)11-13(18)16(10(3)12(17)15-11)8-14(4)6-5-7-19-14/h9-11H,5-8H2,1-4H3,(H,15,17). The van der Waals surface area contributed by atoms with Crippen LogP contribution >= 0.6 is 11.8 Å². The highest BCUT2D eigenvalue weighted by atomic mass is 32.2. The van der Waals surface area contributed by atoms with Gasteiger partial charge in [0.05, 0.1) is 0 Å². The van der Waals surface area contributed by atoms with Crippen molar-refractivity contribution >= 4 is 23.6 Å². The molecule has 2 amide bonds. The van der Waals surface area contributed by atoms with Crippen LogP contribution in [0.2, 0.25) is 0 Å². The molecule has 2 saturated heterocycles. The summed E-state index contributed by atoms with van der Waals surface area (Å²) < 4.78 is 0.114. The summed E-state index contributed by atoms with van der Waals surface area (Å²) in [5, 5.41) is 2.85. The number of rotatable bonds is 3. The van der Waals surface area contributed by atoms with E-state index >= 15 is 0 Å². The molecule has 2 aliphatic rings. The van der Waals surface area contributed by atoms with Crippen LogP contribution in [-0.2, 0) is 9.59 Å². The van der Waals surface area contributed by atoms with Crippen LogP contribution in [0.4, 0.5) is 0 Å². The summed E-state index contributed by atoms with van der Waals surface area (Å²) in [6.45, 7) is 8.68. The Morgan fingerprint density at radius 3 is 2.68 bits per heavy atom. The molecular formula is C14H24N2O2S. The van der Waals surface area contributed by atoms with E-state index in [0.717, 1.165) is 12.2 Å². The quantitative estimate of drug-likeness (QED) is 0.857. The summed E-state index contributed by atoms with van der Waals surface area (Å²) in [6, 6.07) is -0.709. The molecule has 0 aromatic rings. The van der Waals surface area contributed by atoms with Crippen LogP contribution in [0.25, 0.3) is 0 Å². The highest BCUT2D eigenvalue weighted by molar-refractivity contribution is 8.00. The smallest absolute Gasteiger partial charge is 0.246 e. The number of nitrogens with one attached hydrogen (secondary N) is 1. The summed E-state index contributed by atoms with van der Waals surface area (Å²) in [6.07, 6.45) is 2.33. The van der Waals surface area contributed by atoms with E-state index in [0.29, 0.717) is 6.54 Å². The van der Waals surface area contributed by atoms with Gasteiger partial charge in [0.25, 0.3) is 0 Å². The predicted molar refractivity (Wildman–Crippen MR) is 78.0 cm³/mol. The van der Waals surface area contributed by atoms with Crippen LogP contribution in [0.5, 0.6) is 0 Å². The summed E-state index contributed by atoms with van der Waals surface area (Å²) in [4.78, 5) is 26.4. The van der Waals surface area contributed by atoms with Crippen LogP contribution in [0.15, 0.2) is 0 Å². The lowest BCUT2D eigenvalue weighted by Crippen LogP contribution is -2.65. The van der Waals surface area contributed by atoms with Gasteiger partial charge >= 0.3 is 0 Å². The summed E-state index contributed by atoms with van der Waals surface area (Å²) in [7, 11) is 0. The molecule has 108 valence electrons. The molecule has 3 atom stereocenters. The Hall–Kier alpha value is -0.710. The second-order valence-corrected chi connectivity index (χ2v) is 7.96. The van der Waals surface area contributed by atoms with Crippen molar-refractivity contribution in [1.82, 2.24) is 10.2 Å². The minimum atomic E-state index is -0.362. The Morgan fingerprint density at radius 1 is 1.47 bits per heavy atom. The topological polar surface area (TPSA) is 49.4 Å². The molecule has 19 heavy (non-hydrogen) atoms. The van der Waals surface area contributed by atoms with Crippen LogP contribution in [-0.4, -0.2) is 45.8 Å². The van der Waals surface area contributed by atoms with Gasteiger partial charge in [-0.25, -0.2) is 0 Å². The van der Waals surface area contributed by atoms with E-state index in [2.05, 4.69) is 12.2 Å². The zero-order valence-electron chi connectivity index (χ0n) is 12.2. The third-order valence-electron chi connectivity index (χ3n) is 4.17. The first kappa shape index (κ1) is 14.7. The van der Waals surface area contributed by atoms with Gasteiger partial charge in [-0.1, -0.05) is 13.8 Å². The van der Waals surface area contributed by atoms with Crippen molar-refractivity contribution in [3.05, 3.63) is 0 Å². The first-order valence-corrected chi connectivity index (χ1v) is 8.07. The molecular weight excluding hydrogens is 260 g/mol. The maximum absolute atomic E-state index is 12.6. The van der Waals surface area contributed by atoms with Crippen LogP contribution in [0.3, 0.4) is 0 Å². The van der Waals surface area contributed by atoms with Gasteiger partial charge in [-0.15, -0.1) is 0 Å². The van der Waals surface area contributed by atoms with Gasteiger partial charge in [0, 0.05) is 11.3 Å². The van der Waals surface area contributed by atoms with Crippen molar-refractivity contribution in [3.8, 4) is 0 Å². The molecule has 4 nitrogen and oxygen atoms in total. The van der Waals surface area contributed by atoms with Gasteiger partial charge in [-0.3, -0.25) is 9.59 Å². The zero-order chi connectivity index (χ0) is 14.2. The molecule has 2 fully saturated rings. The van der Waals surface area contributed by atoms with Crippen molar-refractivity contribution in [2.24, 2.45) is 5.92 Å². The Morgan fingerprint density at radius 2 is 2.16 bits per heavy atom. The normalized spacial score (nSPS) is 35.9. The highest BCUT2D eigenvalue weighted by Crippen LogP contribution is 2.39. The lowest BCUT2D eigenvalue weighted by Gasteiger charge is -2.42. The number of carbonyl (C=O) groups is 2. The average molecular weight is 284 g/mol. The fourth-order valence-corrected chi connectivity index (χ4v) is 4.14. The maximum Gasteiger partial charge on any atom is 0.246 e. The monoisotopic (exact) mass is 284 g/mol. The van der Waals surface area contributed by atoms with Gasteiger partial charge in [0.1, 0.15) is 12.1 Å². The largest absolute Gasteiger partial charge is 0.342 e. The minimum Gasteiger partial charge on any atom is -0.342 e. The lowest BCUT2D eigenvalue weighted by molar-refractivity contribution is -0.150. The van der Waals surface area contributed by atoms with E-state index in [1.807, 2.05) is 32.5 Å². The first-order chi connectivity index (χ1) is 8.84. The predicted octanol–water partition coefficient (Wildman–Crippen LogP) is 1.64. The number of hydrogen-bond donors (Lipinski definition) is 1. The zero-order valence-corrected chi connectivity index (χ0v) is 13.0. The van der Waals surface area contributed by atoms with E-state index < -0.39 is 0 Å². The van der Waals surface area contributed by atoms with Crippen molar-refractivity contribution in [1.29, 1.82) is 0 Å². The molecule has 2 rings (SSSR count). The Bertz CT molecular complexity index is 378. The van der Waals surface area contributed by atoms with Crippen LogP contribution < -0.4 is 5.32 Å². The summed E-state index contributed by atoms with van der Waals surface area (Å²) in [5.74, 6) is 1.35. The molecule has 0 radical (unpaired) electrons. The van der Waals surface area contributed by atoms with Gasteiger partial charge in [0.15, 0.2) is 0 Å². The van der Waals surface area contributed by atoms with Gasteiger partial charge in [-0.2, -0.15) is 11.8 Å². The van der Waals surface area contributed by atoms with E-state index in [9.17, 15) is 9.59 Å². The van der Waals surface area contributed by atoms with Crippen molar-refractivity contribution < 1.29 is 9.59 Å². The molecule has 0 aliphatic carbocycles. The van der Waals surface area contributed by atoms with E-state index in [4.69, 9.17) is 0 Å². The highest BCUT2D eigenvalue weighted by Gasteiger charge is 2.43. The lowest BCUT2D eigenvalue weighted by atomic mass is 9.96. The molecule has 3 unspecified atom stereocenters. The number of piperazine rings is 1. The number of nitrogens with zero attached hydrogens (tertiary/aromatic N) is 1. The van der Waals surface area contributed by atoms with Crippen LogP contribution in [0, 0.1) is 5.92 Å². The SMILES string of the molecule is CC(C)C1NC(=O)C(C)N(CC2(C)CCCS2)C1=O. The maximum atomic E-state index is 12.6. The average Bonchev–Trinajstić information content (AvgIpc) is 2.76. The number of carbonyl (C=O) groups excluding carboxylic acids is 2. The molecule has 5 heteroatoms. The number of hydrogen-bond acceptors (Lipinski definition) is 3. The Kier molecular flexibility index (Phi) is 4.14. The van der Waals surface area contributed by atoms with E-state index in [1.54, 1.807) is 4.90 Å². The van der Waals surface area contributed by atoms with Gasteiger partial charge in [0.2, 0.25) is 11.8 Å². The molecule has 0 bridgehead atoms. The van der Waals surface area contributed by atoms with Crippen molar-refractivity contribution in [2.45, 2.75) is 57.4 Å². The molecule has 1 N–H and O–H groups in total. The third-order valence-corrected chi connectivity index (χ3v) is 5.69. The summed E-state index contributed by atoms with van der Waals surface area (Å²) in [5.41, 5.74) is 0. The minimum absolute atomic E-state index is 0.0232. The van der Waals surface area contributed by atoms with E-state index in [1.165, 1.54) is 6.42 Å². The molecule has 2 aliphatic heterocycles. The molecule has 0 aromatic heterocycles. The van der Waals surface area contributed by atoms with E-state index in [-0.39, 0.29) is 34.6 Å². The number of amides is 2. The summed E-state index contributed by atoms with van der Waals surface area (Å²) >= 11 is 1.93. The second-order valence-electron chi connectivity index (χ2n) is 6.27. The molecule has 2 heterocycles. The number of thioether (sulfide) groups is 1. The fourth-order valence-electron chi connectivity index (χ4n) is 2.84. The Labute approximate surface area is 119 Å². The Balaban J connectivity index is 2.15. The molecule has 0 spiro atoms. The molecule has 0 saturated carbocycles. The first-order valence-electron chi connectivity index (χ1n) is 7.09. The van der Waals surface area contributed by atoms with Gasteiger partial charge in [-0.05, 0) is 38.4 Å².